The van der Waals surface area contributed by atoms with E-state index in [0.29, 0.717) is 37.5 Å². The van der Waals surface area contributed by atoms with Gasteiger partial charge < -0.3 is 10.2 Å². The van der Waals surface area contributed by atoms with Crippen LogP contribution in [0, 0.1) is 0 Å². The van der Waals surface area contributed by atoms with Crippen LogP contribution in [0.1, 0.15) is 11.1 Å². The molecule has 6 heteroatoms. The number of hydrogen-bond acceptors (Lipinski definition) is 2. The van der Waals surface area contributed by atoms with Gasteiger partial charge in [0.25, 0.3) is 0 Å². The molecule has 0 spiro atoms. The summed E-state index contributed by atoms with van der Waals surface area (Å²) in [6.45, 7) is 0. The molecule has 19 heavy (non-hydrogen) atoms. The maximum atomic E-state index is 10.0. The summed E-state index contributed by atoms with van der Waals surface area (Å²) >= 11 is 15.2. The molecule has 2 N–H and O–H groups in total. The average Bonchev–Trinajstić information content (AvgIpc) is 2.31. The first-order valence-corrected chi connectivity index (χ1v) is 7.08. The second kappa shape index (κ2) is 5.65. The molecular weight excluding hydrogens is 350 g/mol. The van der Waals surface area contributed by atoms with Crippen molar-refractivity contribution in [2.45, 2.75) is 6.42 Å². The first kappa shape index (κ1) is 14.6. The zero-order valence-corrected chi connectivity index (χ0v) is 13.1. The van der Waals surface area contributed by atoms with Gasteiger partial charge in [-0.05, 0) is 51.2 Å². The molecule has 98 valence electrons. The molecule has 2 aromatic carbocycles. The summed E-state index contributed by atoms with van der Waals surface area (Å²) in [5.74, 6) is 0.293. The van der Waals surface area contributed by atoms with Crippen molar-refractivity contribution < 1.29 is 10.2 Å². The lowest BCUT2D eigenvalue weighted by Crippen LogP contribution is -2.06. The molecule has 2 aromatic rings. The Morgan fingerprint density at radius 1 is 0.947 bits per heavy atom. The van der Waals surface area contributed by atoms with E-state index in [2.05, 4.69) is 15.9 Å². The van der Waals surface area contributed by atoms with Crippen molar-refractivity contribution in [3.63, 3.8) is 0 Å². The van der Waals surface area contributed by atoms with Gasteiger partial charge in [-0.25, -0.2) is 0 Å². The van der Waals surface area contributed by atoms with Gasteiger partial charge >= 0.3 is 0 Å². The van der Waals surface area contributed by atoms with Crippen molar-refractivity contribution in [1.82, 2.24) is 0 Å². The quantitative estimate of drug-likeness (QED) is 0.809. The van der Waals surface area contributed by atoms with Gasteiger partial charge in [-0.2, -0.15) is 0 Å². The summed E-state index contributed by atoms with van der Waals surface area (Å²) in [6.07, 6.45) is 0.345. The number of phenolic OH excluding ortho intramolecular Hbond substituents is 2. The number of hydrogen-bond donors (Lipinski definition) is 2. The van der Waals surface area contributed by atoms with Crippen molar-refractivity contribution >= 4 is 52.4 Å². The predicted octanol–water partition coefficient (Wildman–Crippen LogP) is 3.02. The molecule has 0 aliphatic rings. The minimum atomic E-state index is 0.112. The Balaban J connectivity index is 2.47. The van der Waals surface area contributed by atoms with Gasteiger partial charge in [0.15, 0.2) is 0 Å². The van der Waals surface area contributed by atoms with Crippen LogP contribution in [0.15, 0.2) is 28.7 Å². The topological polar surface area (TPSA) is 40.5 Å². The molecular formula is C13H10BBrCl2O2. The van der Waals surface area contributed by atoms with Gasteiger partial charge in [-0.15, -0.1) is 0 Å². The number of phenols is 2. The highest BCUT2D eigenvalue weighted by Crippen LogP contribution is 2.34. The fourth-order valence-electron chi connectivity index (χ4n) is 1.90. The van der Waals surface area contributed by atoms with Crippen LogP contribution in [-0.4, -0.2) is 18.1 Å². The largest absolute Gasteiger partial charge is 0.508 e. The second-order valence-corrected chi connectivity index (χ2v) is 6.03. The first-order valence-electron chi connectivity index (χ1n) is 5.53. The van der Waals surface area contributed by atoms with Crippen LogP contribution in [0.4, 0.5) is 0 Å². The summed E-state index contributed by atoms with van der Waals surface area (Å²) < 4.78 is 0.522. The van der Waals surface area contributed by atoms with Gasteiger partial charge in [0.1, 0.15) is 19.3 Å². The molecule has 0 fully saturated rings. The zero-order valence-electron chi connectivity index (χ0n) is 10.0. The standard InChI is InChI=1S/C13H10BBrCl2O2/c14-10-4-8(16)2-6(12(10)18)1-7-3-9(17)5-11(15)13(7)19/h2-5,18-19H,1,14H2. The van der Waals surface area contributed by atoms with Gasteiger partial charge in [-0.1, -0.05) is 23.2 Å². The van der Waals surface area contributed by atoms with Crippen LogP contribution in [0.2, 0.25) is 10.0 Å². The third kappa shape index (κ3) is 3.19. The molecule has 0 radical (unpaired) electrons. The van der Waals surface area contributed by atoms with Gasteiger partial charge in [0.2, 0.25) is 0 Å². The number of halogens is 3. The fourth-order valence-corrected chi connectivity index (χ4v) is 3.07. The average molecular weight is 360 g/mol. The third-order valence-corrected chi connectivity index (χ3v) is 3.87. The van der Waals surface area contributed by atoms with E-state index < -0.39 is 0 Å². The van der Waals surface area contributed by atoms with Crippen LogP contribution < -0.4 is 5.46 Å². The lowest BCUT2D eigenvalue weighted by atomic mass is 9.90. The lowest BCUT2D eigenvalue weighted by Gasteiger charge is -2.11. The Morgan fingerprint density at radius 2 is 1.47 bits per heavy atom. The van der Waals surface area contributed by atoms with E-state index >= 15 is 0 Å². The predicted molar refractivity (Wildman–Crippen MR) is 84.9 cm³/mol. The highest BCUT2D eigenvalue weighted by Gasteiger charge is 2.12. The van der Waals surface area contributed by atoms with E-state index in [1.807, 2.05) is 0 Å². The Bertz CT molecular complexity index is 592. The van der Waals surface area contributed by atoms with Gasteiger partial charge in [-0.3, -0.25) is 0 Å². The smallest absolute Gasteiger partial charge is 0.144 e. The molecule has 0 saturated heterocycles. The number of aromatic hydroxyl groups is 2. The summed E-state index contributed by atoms with van der Waals surface area (Å²) in [5.41, 5.74) is 1.97. The van der Waals surface area contributed by atoms with Crippen LogP contribution in [0.3, 0.4) is 0 Å². The Kier molecular flexibility index (Phi) is 4.34. The summed E-state index contributed by atoms with van der Waals surface area (Å²) in [7, 11) is 1.78. The Labute approximate surface area is 130 Å². The first-order chi connectivity index (χ1) is 8.88. The molecule has 0 unspecified atom stereocenters. The molecule has 0 atom stereocenters. The van der Waals surface area contributed by atoms with Gasteiger partial charge in [0, 0.05) is 22.0 Å². The molecule has 0 aliphatic carbocycles. The van der Waals surface area contributed by atoms with E-state index in [0.717, 1.165) is 0 Å². The van der Waals surface area contributed by atoms with E-state index in [1.165, 1.54) is 0 Å². The normalized spacial score (nSPS) is 10.7. The summed E-state index contributed by atoms with van der Waals surface area (Å²) in [6, 6.07) is 6.65. The molecule has 0 aliphatic heterocycles. The minimum absolute atomic E-state index is 0.112. The van der Waals surface area contributed by atoms with Crippen LogP contribution in [0.25, 0.3) is 0 Å². The SMILES string of the molecule is Bc1cc(Cl)cc(Cc2cc(Cl)cc(Br)c2O)c1O. The molecule has 0 aromatic heterocycles. The van der Waals surface area contributed by atoms with Crippen LogP contribution in [-0.2, 0) is 6.42 Å². The number of rotatable bonds is 2. The van der Waals surface area contributed by atoms with E-state index in [-0.39, 0.29) is 11.5 Å². The molecule has 2 rings (SSSR count). The minimum Gasteiger partial charge on any atom is -0.508 e. The van der Waals surface area contributed by atoms with Crippen molar-refractivity contribution in [2.24, 2.45) is 0 Å². The van der Waals surface area contributed by atoms with E-state index in [9.17, 15) is 10.2 Å². The highest BCUT2D eigenvalue weighted by atomic mass is 79.9. The Morgan fingerprint density at radius 3 is 2.11 bits per heavy atom. The highest BCUT2D eigenvalue weighted by molar-refractivity contribution is 9.10. The summed E-state index contributed by atoms with van der Waals surface area (Å²) in [4.78, 5) is 0. The van der Waals surface area contributed by atoms with Crippen molar-refractivity contribution in [1.29, 1.82) is 0 Å². The maximum absolute atomic E-state index is 10.0. The molecule has 2 nitrogen and oxygen atoms in total. The molecule has 0 saturated carbocycles. The second-order valence-electron chi connectivity index (χ2n) is 4.30. The van der Waals surface area contributed by atoms with Crippen molar-refractivity contribution in [3.8, 4) is 11.5 Å². The summed E-state index contributed by atoms with van der Waals surface area (Å²) in [5, 5.41) is 21.1. The lowest BCUT2D eigenvalue weighted by molar-refractivity contribution is 0.462. The van der Waals surface area contributed by atoms with E-state index in [1.54, 1.807) is 32.1 Å². The van der Waals surface area contributed by atoms with Gasteiger partial charge in [0.05, 0.1) is 4.47 Å². The fraction of sp³-hybridized carbons (Fsp3) is 0.0769. The number of benzene rings is 2. The van der Waals surface area contributed by atoms with Crippen LogP contribution in [0.5, 0.6) is 11.5 Å². The van der Waals surface area contributed by atoms with Crippen LogP contribution >= 0.6 is 39.1 Å². The maximum Gasteiger partial charge on any atom is 0.144 e. The molecule has 0 amide bonds. The zero-order chi connectivity index (χ0) is 14.2. The van der Waals surface area contributed by atoms with Crippen molar-refractivity contribution in [2.75, 3.05) is 0 Å². The van der Waals surface area contributed by atoms with E-state index in [4.69, 9.17) is 23.2 Å². The van der Waals surface area contributed by atoms with Crippen molar-refractivity contribution in [3.05, 3.63) is 49.9 Å². The Hall–Kier alpha value is -0.835. The monoisotopic (exact) mass is 358 g/mol. The molecule has 0 heterocycles. The molecule has 0 bridgehead atoms. The third-order valence-electron chi connectivity index (χ3n) is 2.83.